The third-order valence-corrected chi connectivity index (χ3v) is 12.4. The zero-order valence-corrected chi connectivity index (χ0v) is 9.23. The van der Waals surface area contributed by atoms with Crippen LogP contribution in [0.5, 0.6) is 0 Å². The first-order valence-corrected chi connectivity index (χ1v) is 9.75. The molecule has 0 aliphatic carbocycles. The first-order valence-electron chi connectivity index (χ1n) is 3.09. The van der Waals surface area contributed by atoms with E-state index in [1.165, 1.54) is 11.1 Å². The summed E-state index contributed by atoms with van der Waals surface area (Å²) in [7, 11) is 4.12. The van der Waals surface area contributed by atoms with Crippen molar-refractivity contribution in [1.82, 2.24) is 0 Å². The predicted molar refractivity (Wildman–Crippen MR) is 53.5 cm³/mol. The van der Waals surface area contributed by atoms with Crippen molar-refractivity contribution in [3.05, 3.63) is 22.0 Å². The summed E-state index contributed by atoms with van der Waals surface area (Å²) in [6, 6.07) is 0. The maximum atomic E-state index is 2.32. The van der Waals surface area contributed by atoms with Gasteiger partial charge in [-0.2, -0.15) is 0 Å². The van der Waals surface area contributed by atoms with Crippen molar-refractivity contribution in [3.63, 3.8) is 0 Å². The van der Waals surface area contributed by atoms with Crippen LogP contribution in [0.2, 0.25) is 0 Å². The molecule has 0 spiro atoms. The molecule has 0 amide bonds. The van der Waals surface area contributed by atoms with Crippen LogP contribution in [-0.2, 0) is 0 Å². The number of hydrogen-bond acceptors (Lipinski definition) is 2. The molecule has 2 aliphatic heterocycles. The average molecular weight is 235 g/mol. The molecule has 3 heteroatoms. The van der Waals surface area contributed by atoms with Crippen LogP contribution in [0.1, 0.15) is 13.8 Å². The Kier molecular flexibility index (Phi) is 1.85. The molecular formula is C7H8S2Se. The van der Waals surface area contributed by atoms with Crippen LogP contribution in [0, 0.1) is 0 Å². The molecule has 0 aromatic rings. The van der Waals surface area contributed by atoms with Crippen molar-refractivity contribution in [3.8, 4) is 0 Å². The van der Waals surface area contributed by atoms with E-state index in [-0.39, 0.29) is 0 Å². The van der Waals surface area contributed by atoms with Crippen LogP contribution >= 0.6 is 20.4 Å². The second-order valence-corrected chi connectivity index (χ2v) is 12.0. The van der Waals surface area contributed by atoms with Crippen LogP contribution in [-0.4, -0.2) is 15.6 Å². The van der Waals surface area contributed by atoms with Gasteiger partial charge in [-0.15, -0.1) is 0 Å². The first kappa shape index (κ1) is 7.23. The number of allylic oxidation sites excluding steroid dienone is 2. The summed E-state index contributed by atoms with van der Waals surface area (Å²) in [6.07, 6.45) is 0. The average Bonchev–Trinajstić information content (AvgIpc) is 2.40. The van der Waals surface area contributed by atoms with Crippen LogP contribution in [0.4, 0.5) is 0 Å². The molecule has 2 aliphatic rings. The molecule has 0 nitrogen and oxygen atoms in total. The molecule has 2 rings (SSSR count). The van der Waals surface area contributed by atoms with Crippen molar-refractivity contribution in [2.24, 2.45) is 0 Å². The van der Waals surface area contributed by atoms with Crippen molar-refractivity contribution in [2.45, 2.75) is 13.8 Å². The van der Waals surface area contributed by atoms with Gasteiger partial charge in [0.05, 0.1) is 0 Å². The van der Waals surface area contributed by atoms with Crippen molar-refractivity contribution in [2.75, 3.05) is 0 Å². The molecule has 0 atom stereocenters. The van der Waals surface area contributed by atoms with Crippen molar-refractivity contribution in [1.29, 1.82) is 0 Å². The van der Waals surface area contributed by atoms with Crippen molar-refractivity contribution < 1.29 is 0 Å². The van der Waals surface area contributed by atoms with Gasteiger partial charge < -0.3 is 0 Å². The Morgan fingerprint density at radius 1 is 1.10 bits per heavy atom. The molecular weight excluding hydrogens is 227 g/mol. The number of rotatable bonds is 0. The van der Waals surface area contributed by atoms with E-state index in [4.69, 9.17) is 0 Å². The maximum absolute atomic E-state index is 2.32. The molecule has 0 radical (unpaired) electrons. The van der Waals surface area contributed by atoms with Gasteiger partial charge in [-0.05, 0) is 0 Å². The van der Waals surface area contributed by atoms with Gasteiger partial charge in [0, 0.05) is 0 Å². The van der Waals surface area contributed by atoms with Crippen LogP contribution in [0.3, 0.4) is 0 Å². The standard InChI is InChI=1S/C7H8S2Se/c1-5-3-8-10-7(5)6(2)4-9-10/h3-4H,1-2H3. The zero-order valence-electron chi connectivity index (χ0n) is 5.88. The molecule has 0 saturated heterocycles. The molecule has 54 valence electrons. The predicted octanol–water partition coefficient (Wildman–Crippen LogP) is 2.53. The van der Waals surface area contributed by atoms with E-state index in [0.717, 1.165) is 0 Å². The Balaban J connectivity index is 2.46. The quantitative estimate of drug-likeness (QED) is 0.592. The van der Waals surface area contributed by atoms with E-state index >= 15 is 0 Å². The Hall–Kier alpha value is 0.569. The second kappa shape index (κ2) is 2.56. The summed E-state index contributed by atoms with van der Waals surface area (Å²) >= 11 is -0.465. The Morgan fingerprint density at radius 2 is 1.60 bits per heavy atom. The Morgan fingerprint density at radius 3 is 2.00 bits per heavy atom. The topological polar surface area (TPSA) is 0 Å². The Labute approximate surface area is 71.7 Å². The molecule has 10 heavy (non-hydrogen) atoms. The fourth-order valence-corrected chi connectivity index (χ4v) is 12.7. The molecule has 0 aromatic carbocycles. The van der Waals surface area contributed by atoms with Crippen molar-refractivity contribution >= 4 is 36.0 Å². The van der Waals surface area contributed by atoms with Gasteiger partial charge in [0.15, 0.2) is 0 Å². The van der Waals surface area contributed by atoms with E-state index in [1.54, 1.807) is 4.42 Å². The fraction of sp³-hybridized carbons (Fsp3) is 0.286. The van der Waals surface area contributed by atoms with Gasteiger partial charge in [-0.25, -0.2) is 0 Å². The monoisotopic (exact) mass is 236 g/mol. The van der Waals surface area contributed by atoms with Crippen LogP contribution in [0.25, 0.3) is 0 Å². The molecule has 0 N–H and O–H groups in total. The van der Waals surface area contributed by atoms with E-state index < -0.39 is 11.2 Å². The van der Waals surface area contributed by atoms with Crippen LogP contribution in [0.15, 0.2) is 22.0 Å². The van der Waals surface area contributed by atoms with Gasteiger partial charge in [0.2, 0.25) is 0 Å². The molecule has 0 unspecified atom stereocenters. The SMILES string of the molecule is CC1=CS[Se]2=C1C(C)=CS2. The summed E-state index contributed by atoms with van der Waals surface area (Å²) in [5, 5.41) is 4.65. The third kappa shape index (κ3) is 0.964. The van der Waals surface area contributed by atoms with Gasteiger partial charge >= 0.3 is 71.8 Å². The van der Waals surface area contributed by atoms with Gasteiger partial charge in [-0.1, -0.05) is 0 Å². The first-order chi connectivity index (χ1) is 4.79. The summed E-state index contributed by atoms with van der Waals surface area (Å²) in [6.45, 7) is 4.46. The molecule has 0 aromatic heterocycles. The van der Waals surface area contributed by atoms with E-state index in [9.17, 15) is 0 Å². The zero-order chi connectivity index (χ0) is 7.14. The van der Waals surface area contributed by atoms with Crippen LogP contribution < -0.4 is 0 Å². The van der Waals surface area contributed by atoms with Gasteiger partial charge in [0.25, 0.3) is 0 Å². The Bertz CT molecular complexity index is 247. The van der Waals surface area contributed by atoms with E-state index in [1.807, 2.05) is 0 Å². The number of hydrogen-bond donors (Lipinski definition) is 0. The summed E-state index contributed by atoms with van der Waals surface area (Å²) < 4.78 is 1.69. The van der Waals surface area contributed by atoms with Gasteiger partial charge in [0.1, 0.15) is 0 Å². The molecule has 0 fully saturated rings. The van der Waals surface area contributed by atoms with E-state index in [2.05, 4.69) is 45.0 Å². The molecule has 0 saturated carbocycles. The minimum atomic E-state index is -0.465. The summed E-state index contributed by atoms with van der Waals surface area (Å²) in [5.74, 6) is 0. The van der Waals surface area contributed by atoms with E-state index in [0.29, 0.717) is 0 Å². The van der Waals surface area contributed by atoms with Gasteiger partial charge in [-0.3, -0.25) is 0 Å². The summed E-state index contributed by atoms with van der Waals surface area (Å²) in [5.41, 5.74) is 3.04. The molecule has 2 heterocycles. The summed E-state index contributed by atoms with van der Waals surface area (Å²) in [4.78, 5) is 0. The minimum absolute atomic E-state index is 0.465. The second-order valence-electron chi connectivity index (χ2n) is 2.36. The fourth-order valence-electron chi connectivity index (χ4n) is 1.03. The third-order valence-electron chi connectivity index (χ3n) is 1.51. The normalized spacial score (nSPS) is 24.8. The molecule has 0 bridgehead atoms.